The van der Waals surface area contributed by atoms with E-state index in [1.54, 1.807) is 6.07 Å². The molecule has 2 rings (SSSR count). The topological polar surface area (TPSA) is 35.2 Å². The molecule has 1 aliphatic rings. The third-order valence-electron chi connectivity index (χ3n) is 2.69. The van der Waals surface area contributed by atoms with Crippen LogP contribution in [0.15, 0.2) is 22.7 Å². The maximum absolute atomic E-state index is 12.2. The standard InChI is InChI=1S/C11H11BrF3NO.ClH/c12-7-3-4-9(17-11(13,14)15)8(5-7)10(16)6-1-2-6;/h3-6,10H,1-2,16H2;1H/t10-;/m0./s1. The average Bonchev–Trinajstić information content (AvgIpc) is 3.01. The van der Waals surface area contributed by atoms with Crippen LogP contribution in [-0.2, 0) is 0 Å². The predicted molar refractivity (Wildman–Crippen MR) is 67.7 cm³/mol. The normalized spacial score (nSPS) is 16.9. The van der Waals surface area contributed by atoms with E-state index < -0.39 is 12.4 Å². The first kappa shape index (κ1) is 15.6. The predicted octanol–water partition coefficient (Wildman–Crippen LogP) is 4.18. The minimum atomic E-state index is -4.69. The van der Waals surface area contributed by atoms with Crippen molar-refractivity contribution in [3.05, 3.63) is 28.2 Å². The van der Waals surface area contributed by atoms with E-state index in [4.69, 9.17) is 5.73 Å². The van der Waals surface area contributed by atoms with E-state index in [2.05, 4.69) is 20.7 Å². The third-order valence-corrected chi connectivity index (χ3v) is 3.18. The second-order valence-corrected chi connectivity index (χ2v) is 5.01. The van der Waals surface area contributed by atoms with Crippen molar-refractivity contribution in [1.82, 2.24) is 0 Å². The summed E-state index contributed by atoms with van der Waals surface area (Å²) in [5, 5.41) is 0. The first-order valence-electron chi connectivity index (χ1n) is 5.17. The second-order valence-electron chi connectivity index (χ2n) is 4.09. The van der Waals surface area contributed by atoms with Crippen LogP contribution >= 0.6 is 28.3 Å². The quantitative estimate of drug-likeness (QED) is 0.891. The second kappa shape index (κ2) is 5.67. The number of hydrogen-bond acceptors (Lipinski definition) is 2. The number of alkyl halides is 3. The van der Waals surface area contributed by atoms with Crippen molar-refractivity contribution in [2.45, 2.75) is 25.2 Å². The summed E-state index contributed by atoms with van der Waals surface area (Å²) in [6, 6.07) is 3.98. The number of hydrogen-bond donors (Lipinski definition) is 1. The van der Waals surface area contributed by atoms with Crippen molar-refractivity contribution < 1.29 is 17.9 Å². The van der Waals surface area contributed by atoms with E-state index in [1.165, 1.54) is 12.1 Å². The fraction of sp³-hybridized carbons (Fsp3) is 0.455. The van der Waals surface area contributed by atoms with Gasteiger partial charge < -0.3 is 10.5 Å². The molecule has 1 atom stereocenters. The fourth-order valence-corrected chi connectivity index (χ4v) is 2.09. The summed E-state index contributed by atoms with van der Waals surface area (Å²) in [5.41, 5.74) is 6.32. The van der Waals surface area contributed by atoms with E-state index >= 15 is 0 Å². The summed E-state index contributed by atoms with van der Waals surface area (Å²) in [6.45, 7) is 0. The van der Waals surface area contributed by atoms with E-state index in [9.17, 15) is 13.2 Å². The van der Waals surface area contributed by atoms with Gasteiger partial charge >= 0.3 is 6.36 Å². The largest absolute Gasteiger partial charge is 0.573 e. The Labute approximate surface area is 117 Å². The molecule has 0 aliphatic heterocycles. The lowest BCUT2D eigenvalue weighted by Gasteiger charge is -2.18. The van der Waals surface area contributed by atoms with Crippen molar-refractivity contribution >= 4 is 28.3 Å². The number of benzene rings is 1. The van der Waals surface area contributed by atoms with Crippen LogP contribution in [0.3, 0.4) is 0 Å². The van der Waals surface area contributed by atoms with Crippen LogP contribution in [0.5, 0.6) is 5.75 Å². The lowest BCUT2D eigenvalue weighted by Crippen LogP contribution is -2.21. The molecule has 0 bridgehead atoms. The molecule has 0 saturated heterocycles. The van der Waals surface area contributed by atoms with E-state index in [-0.39, 0.29) is 24.1 Å². The minimum absolute atomic E-state index is 0. The van der Waals surface area contributed by atoms with Crippen LogP contribution in [0.25, 0.3) is 0 Å². The van der Waals surface area contributed by atoms with Crippen molar-refractivity contribution in [3.63, 3.8) is 0 Å². The lowest BCUT2D eigenvalue weighted by molar-refractivity contribution is -0.275. The van der Waals surface area contributed by atoms with Gasteiger partial charge in [0, 0.05) is 16.1 Å². The van der Waals surface area contributed by atoms with Gasteiger partial charge in [0.05, 0.1) is 0 Å². The highest BCUT2D eigenvalue weighted by Crippen LogP contribution is 2.43. The Kier molecular flexibility index (Phi) is 4.91. The zero-order valence-corrected chi connectivity index (χ0v) is 11.6. The highest BCUT2D eigenvalue weighted by Gasteiger charge is 2.35. The number of nitrogens with two attached hydrogens (primary N) is 1. The van der Waals surface area contributed by atoms with E-state index in [1.807, 2.05) is 0 Å². The molecule has 7 heteroatoms. The van der Waals surface area contributed by atoms with Crippen LogP contribution in [0.4, 0.5) is 13.2 Å². The van der Waals surface area contributed by atoms with Gasteiger partial charge in [-0.3, -0.25) is 0 Å². The Morgan fingerprint density at radius 3 is 2.44 bits per heavy atom. The molecule has 18 heavy (non-hydrogen) atoms. The van der Waals surface area contributed by atoms with Gasteiger partial charge in [0.25, 0.3) is 0 Å². The van der Waals surface area contributed by atoms with Crippen molar-refractivity contribution in [1.29, 1.82) is 0 Å². The summed E-state index contributed by atoms with van der Waals surface area (Å²) in [5.74, 6) is 0.0555. The minimum Gasteiger partial charge on any atom is -0.405 e. The van der Waals surface area contributed by atoms with Crippen LogP contribution in [-0.4, -0.2) is 6.36 Å². The van der Waals surface area contributed by atoms with Gasteiger partial charge in [-0.15, -0.1) is 25.6 Å². The SMILES string of the molecule is Cl.N[C@H](c1cc(Br)ccc1OC(F)(F)F)C1CC1. The maximum Gasteiger partial charge on any atom is 0.573 e. The molecular weight excluding hydrogens is 334 g/mol. The summed E-state index contributed by atoms with van der Waals surface area (Å²) >= 11 is 3.22. The van der Waals surface area contributed by atoms with Gasteiger partial charge in [-0.2, -0.15) is 0 Å². The zero-order chi connectivity index (χ0) is 12.6. The Morgan fingerprint density at radius 2 is 1.94 bits per heavy atom. The molecule has 1 aromatic carbocycles. The van der Waals surface area contributed by atoms with Gasteiger partial charge in [-0.1, -0.05) is 15.9 Å². The lowest BCUT2D eigenvalue weighted by atomic mass is 10.0. The first-order valence-corrected chi connectivity index (χ1v) is 5.97. The van der Waals surface area contributed by atoms with Gasteiger partial charge in [0.1, 0.15) is 5.75 Å². The van der Waals surface area contributed by atoms with Crippen molar-refractivity contribution in [2.75, 3.05) is 0 Å². The summed E-state index contributed by atoms with van der Waals surface area (Å²) < 4.78 is 41.4. The molecule has 1 saturated carbocycles. The smallest absolute Gasteiger partial charge is 0.405 e. The van der Waals surface area contributed by atoms with Gasteiger partial charge in [-0.05, 0) is 37.0 Å². The summed E-state index contributed by atoms with van der Waals surface area (Å²) in [4.78, 5) is 0. The highest BCUT2D eigenvalue weighted by molar-refractivity contribution is 9.10. The zero-order valence-electron chi connectivity index (χ0n) is 9.21. The van der Waals surface area contributed by atoms with Crippen LogP contribution in [0.2, 0.25) is 0 Å². The maximum atomic E-state index is 12.2. The van der Waals surface area contributed by atoms with E-state index in [0.717, 1.165) is 12.8 Å². The van der Waals surface area contributed by atoms with Gasteiger partial charge in [0.15, 0.2) is 0 Å². The highest BCUT2D eigenvalue weighted by atomic mass is 79.9. The molecule has 1 aromatic rings. The molecule has 0 unspecified atom stereocenters. The van der Waals surface area contributed by atoms with Crippen molar-refractivity contribution in [3.8, 4) is 5.75 Å². The average molecular weight is 347 g/mol. The Morgan fingerprint density at radius 1 is 1.33 bits per heavy atom. The monoisotopic (exact) mass is 345 g/mol. The van der Waals surface area contributed by atoms with Crippen LogP contribution < -0.4 is 10.5 Å². The molecule has 2 N–H and O–H groups in total. The molecule has 1 aliphatic carbocycles. The third kappa shape index (κ3) is 4.03. The molecular formula is C11H12BrClF3NO. The van der Waals surface area contributed by atoms with Crippen LogP contribution in [0, 0.1) is 5.92 Å². The molecule has 0 spiro atoms. The molecule has 102 valence electrons. The van der Waals surface area contributed by atoms with Gasteiger partial charge in [-0.25, -0.2) is 0 Å². The van der Waals surface area contributed by atoms with Crippen LogP contribution in [0.1, 0.15) is 24.4 Å². The molecule has 1 fully saturated rings. The fourth-order valence-electron chi connectivity index (χ4n) is 1.71. The first-order chi connectivity index (χ1) is 7.87. The molecule has 0 amide bonds. The summed E-state index contributed by atoms with van der Waals surface area (Å²) in [7, 11) is 0. The molecule has 2 nitrogen and oxygen atoms in total. The van der Waals surface area contributed by atoms with Gasteiger partial charge in [0.2, 0.25) is 0 Å². The molecule has 0 radical (unpaired) electrons. The Hall–Kier alpha value is -0.460. The Balaban J connectivity index is 0.00000162. The number of halogens is 5. The molecule has 0 heterocycles. The number of rotatable bonds is 3. The van der Waals surface area contributed by atoms with Crippen molar-refractivity contribution in [2.24, 2.45) is 11.7 Å². The summed E-state index contributed by atoms with van der Waals surface area (Å²) in [6.07, 6.45) is -2.77. The van der Waals surface area contributed by atoms with E-state index in [0.29, 0.717) is 10.0 Å². The number of ether oxygens (including phenoxy) is 1. The Bertz CT molecular complexity index is 423. The molecule has 0 aromatic heterocycles.